The zero-order chi connectivity index (χ0) is 15.1. The van der Waals surface area contributed by atoms with Crippen molar-refractivity contribution in [3.05, 3.63) is 53.2 Å². The summed E-state index contributed by atoms with van der Waals surface area (Å²) in [7, 11) is 0. The molecule has 1 aromatic heterocycles. The minimum atomic E-state index is -0.321. The summed E-state index contributed by atoms with van der Waals surface area (Å²) in [4.78, 5) is 15.7. The van der Waals surface area contributed by atoms with Crippen molar-refractivity contribution in [2.75, 3.05) is 11.9 Å². The molecule has 0 fully saturated rings. The number of ether oxygens (including phenoxy) is 1. The van der Waals surface area contributed by atoms with Crippen molar-refractivity contribution >= 4 is 23.4 Å². The molecule has 0 saturated carbocycles. The smallest absolute Gasteiger partial charge is 0.320 e. The molecule has 6 heteroatoms. The SMILES string of the molecule is CCNC(=O)Nc1ncccc1OCc1ccccc1Cl. The van der Waals surface area contributed by atoms with Gasteiger partial charge in [0.25, 0.3) is 0 Å². The van der Waals surface area contributed by atoms with Crippen LogP contribution in [0.15, 0.2) is 42.6 Å². The van der Waals surface area contributed by atoms with Gasteiger partial charge in [-0.05, 0) is 25.1 Å². The van der Waals surface area contributed by atoms with Gasteiger partial charge in [0.05, 0.1) is 0 Å². The van der Waals surface area contributed by atoms with Crippen molar-refractivity contribution in [1.82, 2.24) is 10.3 Å². The minimum Gasteiger partial charge on any atom is -0.485 e. The van der Waals surface area contributed by atoms with E-state index in [1.54, 1.807) is 24.4 Å². The maximum atomic E-state index is 11.6. The second kappa shape index (κ2) is 7.50. The Bertz CT molecular complexity index is 619. The van der Waals surface area contributed by atoms with E-state index in [-0.39, 0.29) is 6.03 Å². The summed E-state index contributed by atoms with van der Waals surface area (Å²) in [6, 6.07) is 10.6. The summed E-state index contributed by atoms with van der Waals surface area (Å²) in [6.07, 6.45) is 1.59. The second-order valence-electron chi connectivity index (χ2n) is 4.21. The number of amides is 2. The summed E-state index contributed by atoms with van der Waals surface area (Å²) in [5.74, 6) is 0.860. The highest BCUT2D eigenvalue weighted by molar-refractivity contribution is 6.31. The molecular formula is C15H16ClN3O2. The third-order valence-corrected chi connectivity index (χ3v) is 3.05. The first-order chi connectivity index (χ1) is 10.2. The lowest BCUT2D eigenvalue weighted by Crippen LogP contribution is -2.28. The Morgan fingerprint density at radius 2 is 2.10 bits per heavy atom. The normalized spacial score (nSPS) is 10.0. The summed E-state index contributed by atoms with van der Waals surface area (Å²) < 4.78 is 5.69. The molecular weight excluding hydrogens is 290 g/mol. The monoisotopic (exact) mass is 305 g/mol. The molecule has 5 nitrogen and oxygen atoms in total. The Hall–Kier alpha value is -2.27. The van der Waals surface area contributed by atoms with E-state index >= 15 is 0 Å². The maximum Gasteiger partial charge on any atom is 0.320 e. The van der Waals surface area contributed by atoms with E-state index in [0.717, 1.165) is 5.56 Å². The molecule has 0 saturated heterocycles. The van der Waals surface area contributed by atoms with Gasteiger partial charge in [0.15, 0.2) is 11.6 Å². The van der Waals surface area contributed by atoms with Crippen LogP contribution >= 0.6 is 11.6 Å². The van der Waals surface area contributed by atoms with Crippen LogP contribution in [0.3, 0.4) is 0 Å². The number of benzene rings is 1. The molecule has 0 aliphatic heterocycles. The third-order valence-electron chi connectivity index (χ3n) is 2.68. The van der Waals surface area contributed by atoms with Crippen LogP contribution in [0.2, 0.25) is 5.02 Å². The summed E-state index contributed by atoms with van der Waals surface area (Å²) in [5.41, 5.74) is 0.868. The van der Waals surface area contributed by atoms with Crippen LogP contribution in [0.4, 0.5) is 10.6 Å². The van der Waals surface area contributed by atoms with Crippen molar-refractivity contribution < 1.29 is 9.53 Å². The van der Waals surface area contributed by atoms with Crippen molar-refractivity contribution in [3.8, 4) is 5.75 Å². The van der Waals surface area contributed by atoms with Crippen molar-refractivity contribution in [3.63, 3.8) is 0 Å². The molecule has 2 rings (SSSR count). The van der Waals surface area contributed by atoms with Gasteiger partial charge in [-0.2, -0.15) is 0 Å². The van der Waals surface area contributed by atoms with Crippen LogP contribution < -0.4 is 15.4 Å². The number of hydrogen-bond donors (Lipinski definition) is 2. The number of urea groups is 1. The Morgan fingerprint density at radius 1 is 1.29 bits per heavy atom. The van der Waals surface area contributed by atoms with Crippen LogP contribution in [0.5, 0.6) is 5.75 Å². The predicted molar refractivity (Wildman–Crippen MR) is 82.7 cm³/mol. The lowest BCUT2D eigenvalue weighted by molar-refractivity contribution is 0.252. The van der Waals surface area contributed by atoms with Gasteiger partial charge in [-0.15, -0.1) is 0 Å². The first-order valence-corrected chi connectivity index (χ1v) is 6.94. The second-order valence-corrected chi connectivity index (χ2v) is 4.62. The molecule has 2 aromatic rings. The van der Waals surface area contributed by atoms with Gasteiger partial charge in [-0.25, -0.2) is 9.78 Å². The fraction of sp³-hybridized carbons (Fsp3) is 0.200. The fourth-order valence-electron chi connectivity index (χ4n) is 1.68. The first kappa shape index (κ1) is 15.1. The summed E-state index contributed by atoms with van der Waals surface area (Å²) in [6.45, 7) is 2.68. The first-order valence-electron chi connectivity index (χ1n) is 6.56. The molecule has 0 aliphatic carbocycles. The minimum absolute atomic E-state index is 0.301. The van der Waals surface area contributed by atoms with E-state index in [2.05, 4.69) is 15.6 Å². The molecule has 21 heavy (non-hydrogen) atoms. The number of carbonyl (C=O) groups is 1. The topological polar surface area (TPSA) is 63.2 Å². The number of nitrogens with one attached hydrogen (secondary N) is 2. The van der Waals surface area contributed by atoms with Gasteiger partial charge in [-0.1, -0.05) is 29.8 Å². The number of rotatable bonds is 5. The summed E-state index contributed by atoms with van der Waals surface area (Å²) in [5, 5.41) is 5.92. The highest BCUT2D eigenvalue weighted by Crippen LogP contribution is 2.23. The third kappa shape index (κ3) is 4.36. The number of pyridine rings is 1. The molecule has 1 heterocycles. The molecule has 0 unspecified atom stereocenters. The average molecular weight is 306 g/mol. The van der Waals surface area contributed by atoms with Crippen molar-refractivity contribution in [2.45, 2.75) is 13.5 Å². The van der Waals surface area contributed by atoms with E-state index in [1.165, 1.54) is 0 Å². The molecule has 0 radical (unpaired) electrons. The van der Waals surface area contributed by atoms with Gasteiger partial charge in [0.2, 0.25) is 0 Å². The highest BCUT2D eigenvalue weighted by Gasteiger charge is 2.09. The molecule has 0 aliphatic rings. The molecule has 0 bridgehead atoms. The van der Waals surface area contributed by atoms with Crippen LogP contribution in [0, 0.1) is 0 Å². The lowest BCUT2D eigenvalue weighted by Gasteiger charge is -2.12. The maximum absolute atomic E-state index is 11.6. The van der Waals surface area contributed by atoms with Gasteiger partial charge in [0.1, 0.15) is 6.61 Å². The number of carbonyl (C=O) groups excluding carboxylic acids is 1. The number of nitrogens with zero attached hydrogens (tertiary/aromatic N) is 1. The van der Waals surface area contributed by atoms with Crippen LogP contribution in [-0.4, -0.2) is 17.6 Å². The fourth-order valence-corrected chi connectivity index (χ4v) is 1.87. The average Bonchev–Trinajstić information content (AvgIpc) is 2.48. The zero-order valence-corrected chi connectivity index (χ0v) is 12.4. The quantitative estimate of drug-likeness (QED) is 0.889. The Morgan fingerprint density at radius 3 is 2.86 bits per heavy atom. The number of aromatic nitrogens is 1. The standard InChI is InChI=1S/C15H16ClN3O2/c1-2-17-15(20)19-14-13(8-5-9-18-14)21-10-11-6-3-4-7-12(11)16/h3-9H,2,10H2,1H3,(H2,17,18,19,20). The van der Waals surface area contributed by atoms with E-state index < -0.39 is 0 Å². The van der Waals surface area contributed by atoms with Gasteiger partial charge in [0, 0.05) is 23.3 Å². The number of anilines is 1. The predicted octanol–water partition coefficient (Wildman–Crippen LogP) is 3.46. The van der Waals surface area contributed by atoms with E-state index in [9.17, 15) is 4.79 Å². The van der Waals surface area contributed by atoms with Crippen LogP contribution in [0.1, 0.15) is 12.5 Å². The van der Waals surface area contributed by atoms with Crippen molar-refractivity contribution in [1.29, 1.82) is 0 Å². The van der Waals surface area contributed by atoms with Gasteiger partial charge in [-0.3, -0.25) is 5.32 Å². The number of hydrogen-bond acceptors (Lipinski definition) is 3. The van der Waals surface area contributed by atoms with Crippen LogP contribution in [0.25, 0.3) is 0 Å². The largest absolute Gasteiger partial charge is 0.485 e. The highest BCUT2D eigenvalue weighted by atomic mass is 35.5. The van der Waals surface area contributed by atoms with Crippen LogP contribution in [-0.2, 0) is 6.61 Å². The Kier molecular flexibility index (Phi) is 5.40. The molecule has 0 spiro atoms. The molecule has 2 amide bonds. The van der Waals surface area contributed by atoms with Gasteiger partial charge < -0.3 is 10.1 Å². The van der Waals surface area contributed by atoms with E-state index in [1.807, 2.05) is 25.1 Å². The lowest BCUT2D eigenvalue weighted by atomic mass is 10.2. The molecule has 0 atom stereocenters. The van der Waals surface area contributed by atoms with Crippen molar-refractivity contribution in [2.24, 2.45) is 0 Å². The molecule has 1 aromatic carbocycles. The van der Waals surface area contributed by atoms with Gasteiger partial charge >= 0.3 is 6.03 Å². The molecule has 110 valence electrons. The van der Waals surface area contributed by atoms with E-state index in [4.69, 9.17) is 16.3 Å². The Balaban J connectivity index is 2.06. The number of halogens is 1. The Labute approximate surface area is 128 Å². The zero-order valence-electron chi connectivity index (χ0n) is 11.6. The molecule has 2 N–H and O–H groups in total. The van der Waals surface area contributed by atoms with E-state index in [0.29, 0.717) is 29.7 Å². The summed E-state index contributed by atoms with van der Waals surface area (Å²) >= 11 is 6.08.